The van der Waals surface area contributed by atoms with Crippen LogP contribution in [0.5, 0.6) is 0 Å². The van der Waals surface area contributed by atoms with Crippen LogP contribution in [0, 0.1) is 0 Å². The molecule has 0 spiro atoms. The summed E-state index contributed by atoms with van der Waals surface area (Å²) >= 11 is 6.86. The molecule has 18 heavy (non-hydrogen) atoms. The molecule has 2 aromatic rings. The van der Waals surface area contributed by atoms with Crippen molar-refractivity contribution >= 4 is 39.0 Å². The highest BCUT2D eigenvalue weighted by Crippen LogP contribution is 2.23. The van der Waals surface area contributed by atoms with Gasteiger partial charge in [-0.15, -0.1) is 11.8 Å². The molecule has 0 aliphatic heterocycles. The zero-order chi connectivity index (χ0) is 12.8. The molecule has 0 saturated carbocycles. The number of rotatable bonds is 6. The molecule has 1 aromatic carbocycles. The first-order valence-electron chi connectivity index (χ1n) is 5.81. The Labute approximate surface area is 124 Å². The van der Waals surface area contributed by atoms with Crippen LogP contribution in [-0.2, 0) is 6.42 Å². The van der Waals surface area contributed by atoms with E-state index in [2.05, 4.69) is 44.9 Å². The number of hydrogen-bond acceptors (Lipinski definition) is 3. The van der Waals surface area contributed by atoms with Gasteiger partial charge < -0.3 is 5.11 Å². The number of hydrogen-bond donors (Lipinski definition) is 1. The molecule has 1 atom stereocenters. The normalized spacial score (nSPS) is 12.6. The van der Waals surface area contributed by atoms with E-state index in [4.69, 9.17) is 0 Å². The van der Waals surface area contributed by atoms with Gasteiger partial charge in [0.25, 0.3) is 0 Å². The molecule has 0 amide bonds. The molecule has 0 radical (unpaired) electrons. The van der Waals surface area contributed by atoms with E-state index in [1.165, 1.54) is 10.5 Å². The summed E-state index contributed by atoms with van der Waals surface area (Å²) < 4.78 is 1.08. The molecule has 0 aliphatic carbocycles. The van der Waals surface area contributed by atoms with E-state index >= 15 is 0 Å². The summed E-state index contributed by atoms with van der Waals surface area (Å²) in [6.07, 6.45) is 1.55. The largest absolute Gasteiger partial charge is 0.392 e. The number of thiophene rings is 1. The van der Waals surface area contributed by atoms with Gasteiger partial charge in [-0.1, -0.05) is 22.0 Å². The third-order valence-corrected chi connectivity index (χ3v) is 4.95. The van der Waals surface area contributed by atoms with E-state index in [0.717, 1.165) is 23.1 Å². The van der Waals surface area contributed by atoms with Crippen molar-refractivity contribution in [2.45, 2.75) is 23.8 Å². The van der Waals surface area contributed by atoms with Crippen molar-refractivity contribution in [3.63, 3.8) is 0 Å². The van der Waals surface area contributed by atoms with Crippen LogP contribution < -0.4 is 0 Å². The Morgan fingerprint density at radius 1 is 1.33 bits per heavy atom. The van der Waals surface area contributed by atoms with Crippen molar-refractivity contribution in [3.8, 4) is 0 Å². The summed E-state index contributed by atoms with van der Waals surface area (Å²) in [5.74, 6) is 0.751. The van der Waals surface area contributed by atoms with Gasteiger partial charge in [0.15, 0.2) is 0 Å². The lowest BCUT2D eigenvalue weighted by molar-refractivity contribution is 0.189. The lowest BCUT2D eigenvalue weighted by atomic mass is 10.1. The Kier molecular flexibility index (Phi) is 5.76. The lowest BCUT2D eigenvalue weighted by Gasteiger charge is -2.09. The maximum atomic E-state index is 9.95. The molecule has 0 fully saturated rings. The smallest absolute Gasteiger partial charge is 0.0637 e. The SMILES string of the molecule is OC(CCc1ccsc1)CSc1cccc(Br)c1. The third kappa shape index (κ3) is 4.76. The maximum absolute atomic E-state index is 9.95. The summed E-state index contributed by atoms with van der Waals surface area (Å²) in [4.78, 5) is 1.19. The summed E-state index contributed by atoms with van der Waals surface area (Å²) in [7, 11) is 0. The molecule has 1 N–H and O–H groups in total. The number of aliphatic hydroxyl groups is 1. The first-order chi connectivity index (χ1) is 8.74. The molecule has 1 aromatic heterocycles. The second-order valence-corrected chi connectivity index (χ2v) is 6.88. The zero-order valence-corrected chi connectivity index (χ0v) is 13.1. The third-order valence-electron chi connectivity index (χ3n) is 2.58. The molecule has 4 heteroatoms. The van der Waals surface area contributed by atoms with Crippen LogP contribution in [0.1, 0.15) is 12.0 Å². The monoisotopic (exact) mass is 342 g/mol. The highest BCUT2D eigenvalue weighted by molar-refractivity contribution is 9.10. The molecule has 96 valence electrons. The summed E-state index contributed by atoms with van der Waals surface area (Å²) in [5.41, 5.74) is 1.33. The van der Waals surface area contributed by atoms with Crippen molar-refractivity contribution in [3.05, 3.63) is 51.1 Å². The number of halogens is 1. The van der Waals surface area contributed by atoms with Gasteiger partial charge in [-0.3, -0.25) is 0 Å². The molecular weight excluding hydrogens is 328 g/mol. The fourth-order valence-corrected chi connectivity index (χ4v) is 3.79. The molecular formula is C14H15BrOS2. The van der Waals surface area contributed by atoms with Gasteiger partial charge in [0, 0.05) is 15.1 Å². The molecule has 0 bridgehead atoms. The highest BCUT2D eigenvalue weighted by atomic mass is 79.9. The zero-order valence-electron chi connectivity index (χ0n) is 9.88. The van der Waals surface area contributed by atoms with Crippen LogP contribution in [-0.4, -0.2) is 17.0 Å². The van der Waals surface area contributed by atoms with Crippen molar-refractivity contribution in [1.29, 1.82) is 0 Å². The molecule has 1 nitrogen and oxygen atoms in total. The quantitative estimate of drug-likeness (QED) is 0.774. The van der Waals surface area contributed by atoms with Gasteiger partial charge in [-0.2, -0.15) is 11.3 Å². The van der Waals surface area contributed by atoms with Crippen molar-refractivity contribution in [1.82, 2.24) is 0 Å². The maximum Gasteiger partial charge on any atom is 0.0637 e. The van der Waals surface area contributed by atoms with Gasteiger partial charge in [-0.05, 0) is 53.4 Å². The average molecular weight is 343 g/mol. The van der Waals surface area contributed by atoms with Crippen LogP contribution in [0.15, 0.2) is 50.5 Å². The molecule has 0 aliphatic rings. The van der Waals surface area contributed by atoms with Crippen molar-refractivity contribution in [2.75, 3.05) is 5.75 Å². The Bertz CT molecular complexity index is 470. The van der Waals surface area contributed by atoms with Crippen molar-refractivity contribution < 1.29 is 5.11 Å². The minimum absolute atomic E-state index is 0.242. The number of benzene rings is 1. The van der Waals surface area contributed by atoms with Gasteiger partial charge in [0.05, 0.1) is 6.10 Å². The van der Waals surface area contributed by atoms with Gasteiger partial charge in [0.1, 0.15) is 0 Å². The van der Waals surface area contributed by atoms with E-state index in [-0.39, 0.29) is 6.10 Å². The minimum atomic E-state index is -0.242. The second kappa shape index (κ2) is 7.34. The first-order valence-corrected chi connectivity index (χ1v) is 8.53. The fraction of sp³-hybridized carbons (Fsp3) is 0.286. The molecule has 1 unspecified atom stereocenters. The summed E-state index contributed by atoms with van der Waals surface area (Å²) in [6.45, 7) is 0. The summed E-state index contributed by atoms with van der Waals surface area (Å²) in [6, 6.07) is 10.3. The molecule has 1 heterocycles. The van der Waals surface area contributed by atoms with Crippen LogP contribution in [0.4, 0.5) is 0 Å². The van der Waals surface area contributed by atoms with E-state index in [0.29, 0.717) is 0 Å². The molecule has 2 rings (SSSR count). The predicted octanol–water partition coefficient (Wildman–Crippen LogP) is 4.60. The standard InChI is InChI=1S/C14H15BrOS2/c15-12-2-1-3-14(8-12)18-10-13(16)5-4-11-6-7-17-9-11/h1-3,6-9,13,16H,4-5,10H2. The highest BCUT2D eigenvalue weighted by Gasteiger charge is 2.06. The van der Waals surface area contributed by atoms with Crippen molar-refractivity contribution in [2.24, 2.45) is 0 Å². The van der Waals surface area contributed by atoms with Crippen LogP contribution >= 0.6 is 39.0 Å². The van der Waals surface area contributed by atoms with E-state index in [1.807, 2.05) is 12.1 Å². The van der Waals surface area contributed by atoms with E-state index in [1.54, 1.807) is 23.1 Å². The Morgan fingerprint density at radius 3 is 2.94 bits per heavy atom. The second-order valence-electron chi connectivity index (χ2n) is 4.09. The van der Waals surface area contributed by atoms with E-state index < -0.39 is 0 Å². The van der Waals surface area contributed by atoms with Crippen LogP contribution in [0.3, 0.4) is 0 Å². The topological polar surface area (TPSA) is 20.2 Å². The summed E-state index contributed by atoms with van der Waals surface area (Å²) in [5, 5.41) is 14.2. The average Bonchev–Trinajstić information content (AvgIpc) is 2.87. The van der Waals surface area contributed by atoms with E-state index in [9.17, 15) is 5.11 Å². The first kappa shape index (κ1) is 14.1. The lowest BCUT2D eigenvalue weighted by Crippen LogP contribution is -2.10. The Balaban J connectivity index is 1.73. The number of aryl methyl sites for hydroxylation is 1. The van der Waals surface area contributed by atoms with Gasteiger partial charge in [-0.25, -0.2) is 0 Å². The number of aliphatic hydroxyl groups excluding tert-OH is 1. The van der Waals surface area contributed by atoms with Crippen LogP contribution in [0.25, 0.3) is 0 Å². The minimum Gasteiger partial charge on any atom is -0.392 e. The van der Waals surface area contributed by atoms with Gasteiger partial charge in [0.2, 0.25) is 0 Å². The number of thioether (sulfide) groups is 1. The van der Waals surface area contributed by atoms with Crippen LogP contribution in [0.2, 0.25) is 0 Å². The molecule has 0 saturated heterocycles. The predicted molar refractivity (Wildman–Crippen MR) is 83.5 cm³/mol. The Hall–Kier alpha value is -0.290. The van der Waals surface area contributed by atoms with Gasteiger partial charge >= 0.3 is 0 Å². The Morgan fingerprint density at radius 2 is 2.22 bits per heavy atom. The fourth-order valence-electron chi connectivity index (χ4n) is 1.60.